The van der Waals surface area contributed by atoms with Crippen molar-refractivity contribution in [3.05, 3.63) is 94.5 Å². The summed E-state index contributed by atoms with van der Waals surface area (Å²) in [5.41, 5.74) is 5.67. The van der Waals surface area contributed by atoms with E-state index in [0.717, 1.165) is 27.8 Å². The number of Topliss-reactive ketones (excluding diaryl/α,β-unsaturated/α-hetero) is 1. The maximum Gasteiger partial charge on any atom is 0.211 e. The van der Waals surface area contributed by atoms with Crippen molar-refractivity contribution < 1.29 is 4.79 Å². The SMILES string of the molecule is Cc1ccccc1C(=N)C(=O)c1ccc2c(c1)C(CCC#N)(CCC#N)c1ccccc1-2. The lowest BCUT2D eigenvalue weighted by molar-refractivity contribution is 0.106. The number of hydrogen-bond acceptors (Lipinski definition) is 4. The second-order valence-electron chi connectivity index (χ2n) is 8.22. The number of nitriles is 2. The molecule has 1 N–H and O–H groups in total. The Morgan fingerprint density at radius 2 is 1.50 bits per heavy atom. The Labute approximate surface area is 188 Å². The van der Waals surface area contributed by atoms with Crippen LogP contribution in [0, 0.1) is 35.0 Å². The Hall–Kier alpha value is -4.02. The highest BCUT2D eigenvalue weighted by Gasteiger charge is 2.42. The third kappa shape index (κ3) is 3.41. The van der Waals surface area contributed by atoms with Crippen molar-refractivity contribution >= 4 is 11.5 Å². The summed E-state index contributed by atoms with van der Waals surface area (Å²) in [5, 5.41) is 27.2. The van der Waals surface area contributed by atoms with Gasteiger partial charge in [0, 0.05) is 29.4 Å². The number of rotatable bonds is 7. The molecule has 0 aliphatic heterocycles. The molecular weight excluding hydrogens is 394 g/mol. The Balaban J connectivity index is 1.84. The van der Waals surface area contributed by atoms with Crippen molar-refractivity contribution in [1.82, 2.24) is 0 Å². The van der Waals surface area contributed by atoms with Gasteiger partial charge in [0.15, 0.2) is 0 Å². The number of carbonyl (C=O) groups excluding carboxylic acids is 1. The number of nitrogens with one attached hydrogen (secondary N) is 1. The summed E-state index contributed by atoms with van der Waals surface area (Å²) >= 11 is 0. The fourth-order valence-electron chi connectivity index (χ4n) is 4.92. The average Bonchev–Trinajstić information content (AvgIpc) is 3.10. The number of fused-ring (bicyclic) bond motifs is 3. The van der Waals surface area contributed by atoms with E-state index in [4.69, 9.17) is 5.41 Å². The van der Waals surface area contributed by atoms with Gasteiger partial charge in [0.05, 0.1) is 12.1 Å². The minimum Gasteiger partial charge on any atom is -0.296 e. The molecule has 4 heteroatoms. The van der Waals surface area contributed by atoms with Crippen LogP contribution in [0.3, 0.4) is 0 Å². The van der Waals surface area contributed by atoms with E-state index in [1.165, 1.54) is 0 Å². The van der Waals surface area contributed by atoms with Crippen LogP contribution in [0.5, 0.6) is 0 Å². The molecule has 4 rings (SSSR count). The molecule has 156 valence electrons. The second-order valence-corrected chi connectivity index (χ2v) is 8.22. The van der Waals surface area contributed by atoms with Gasteiger partial charge in [-0.2, -0.15) is 10.5 Å². The molecule has 1 aliphatic rings. The summed E-state index contributed by atoms with van der Waals surface area (Å²) in [5.74, 6) is -0.326. The van der Waals surface area contributed by atoms with Crippen molar-refractivity contribution in [2.75, 3.05) is 0 Å². The highest BCUT2D eigenvalue weighted by atomic mass is 16.1. The van der Waals surface area contributed by atoms with E-state index in [-0.39, 0.29) is 11.5 Å². The van der Waals surface area contributed by atoms with E-state index in [9.17, 15) is 15.3 Å². The number of nitrogens with zero attached hydrogens (tertiary/aromatic N) is 2. The van der Waals surface area contributed by atoms with E-state index >= 15 is 0 Å². The first-order valence-electron chi connectivity index (χ1n) is 10.7. The zero-order chi connectivity index (χ0) is 22.7. The van der Waals surface area contributed by atoms with Gasteiger partial charge in [-0.05, 0) is 53.6 Å². The van der Waals surface area contributed by atoms with Crippen molar-refractivity contribution in [3.63, 3.8) is 0 Å². The van der Waals surface area contributed by atoms with E-state index in [2.05, 4.69) is 24.3 Å². The van der Waals surface area contributed by atoms with Crippen LogP contribution in [0.2, 0.25) is 0 Å². The van der Waals surface area contributed by atoms with Gasteiger partial charge in [-0.3, -0.25) is 10.2 Å². The smallest absolute Gasteiger partial charge is 0.211 e. The molecule has 4 nitrogen and oxygen atoms in total. The van der Waals surface area contributed by atoms with Crippen LogP contribution in [0.4, 0.5) is 0 Å². The van der Waals surface area contributed by atoms with Gasteiger partial charge in [0.1, 0.15) is 5.71 Å². The van der Waals surface area contributed by atoms with Gasteiger partial charge < -0.3 is 0 Å². The van der Waals surface area contributed by atoms with Crippen LogP contribution in [0.15, 0.2) is 66.7 Å². The van der Waals surface area contributed by atoms with Crippen molar-refractivity contribution in [1.29, 1.82) is 15.9 Å². The third-order valence-electron chi connectivity index (χ3n) is 6.50. The third-order valence-corrected chi connectivity index (χ3v) is 6.50. The molecule has 0 atom stereocenters. The van der Waals surface area contributed by atoms with Gasteiger partial charge >= 0.3 is 0 Å². The van der Waals surface area contributed by atoms with Crippen LogP contribution in [0.25, 0.3) is 11.1 Å². The van der Waals surface area contributed by atoms with Crippen molar-refractivity contribution in [2.45, 2.75) is 38.0 Å². The average molecular weight is 418 g/mol. The zero-order valence-corrected chi connectivity index (χ0v) is 18.0. The Morgan fingerprint density at radius 1 is 0.875 bits per heavy atom. The van der Waals surface area contributed by atoms with E-state index in [1.807, 2.05) is 49.4 Å². The van der Waals surface area contributed by atoms with Gasteiger partial charge in [-0.1, -0.05) is 60.7 Å². The quantitative estimate of drug-likeness (QED) is 0.371. The van der Waals surface area contributed by atoms with Crippen LogP contribution < -0.4 is 0 Å². The number of hydrogen-bond donors (Lipinski definition) is 1. The lowest BCUT2D eigenvalue weighted by atomic mass is 9.71. The summed E-state index contributed by atoms with van der Waals surface area (Å²) in [6, 6.07) is 25.7. The highest BCUT2D eigenvalue weighted by molar-refractivity contribution is 6.50. The summed E-state index contributed by atoms with van der Waals surface area (Å²) in [6.07, 6.45) is 1.89. The van der Waals surface area contributed by atoms with Crippen LogP contribution in [-0.4, -0.2) is 11.5 Å². The summed E-state index contributed by atoms with van der Waals surface area (Å²) in [6.45, 7) is 1.89. The second kappa shape index (κ2) is 8.61. The minimum absolute atomic E-state index is 0.0294. The van der Waals surface area contributed by atoms with Crippen LogP contribution >= 0.6 is 0 Å². The Kier molecular flexibility index (Phi) is 5.71. The molecule has 0 unspecified atom stereocenters. The summed E-state index contributed by atoms with van der Waals surface area (Å²) in [7, 11) is 0. The molecule has 1 aliphatic carbocycles. The summed E-state index contributed by atoms with van der Waals surface area (Å²) < 4.78 is 0. The van der Waals surface area contributed by atoms with Gasteiger partial charge in [0.2, 0.25) is 5.78 Å². The molecule has 0 bridgehead atoms. The fraction of sp³-hybridized carbons (Fsp3) is 0.214. The molecule has 0 heterocycles. The first kappa shape index (κ1) is 21.2. The largest absolute Gasteiger partial charge is 0.296 e. The van der Waals surface area contributed by atoms with E-state index < -0.39 is 5.41 Å². The molecule has 32 heavy (non-hydrogen) atoms. The lowest BCUT2D eigenvalue weighted by Gasteiger charge is -2.31. The lowest BCUT2D eigenvalue weighted by Crippen LogP contribution is -2.26. The van der Waals surface area contributed by atoms with Crippen molar-refractivity contribution in [3.8, 4) is 23.3 Å². The molecule has 0 saturated heterocycles. The molecule has 0 spiro atoms. The van der Waals surface area contributed by atoms with Crippen LogP contribution in [0.1, 0.15) is 58.3 Å². The molecule has 0 radical (unpaired) electrons. The molecule has 0 saturated carbocycles. The first-order valence-corrected chi connectivity index (χ1v) is 10.7. The Bertz CT molecular complexity index is 1290. The maximum atomic E-state index is 13.3. The van der Waals surface area contributed by atoms with E-state index in [1.54, 1.807) is 12.1 Å². The van der Waals surface area contributed by atoms with Crippen molar-refractivity contribution in [2.24, 2.45) is 0 Å². The normalized spacial score (nSPS) is 12.8. The number of ketones is 1. The first-order chi connectivity index (χ1) is 15.5. The molecule has 0 amide bonds. The van der Waals surface area contributed by atoms with Gasteiger partial charge in [-0.15, -0.1) is 0 Å². The summed E-state index contributed by atoms with van der Waals surface area (Å²) in [4.78, 5) is 13.3. The maximum absolute atomic E-state index is 13.3. The topological polar surface area (TPSA) is 88.5 Å². The molecular formula is C28H23N3O. The van der Waals surface area contributed by atoms with E-state index in [0.29, 0.717) is 36.8 Å². The standard InChI is InChI=1S/C28H23N3O/c1-19-8-2-3-9-21(19)26(31)27(32)20-12-13-23-22-10-4-5-11-24(22)28(14-6-16-29,15-7-17-30)25(23)18-20/h2-5,8-13,18,31H,6-7,14-15H2,1H3. The van der Waals surface area contributed by atoms with Gasteiger partial charge in [-0.25, -0.2) is 0 Å². The monoisotopic (exact) mass is 417 g/mol. The molecule has 0 fully saturated rings. The minimum atomic E-state index is -0.488. The number of benzene rings is 3. The molecule has 3 aromatic carbocycles. The Morgan fingerprint density at radius 3 is 2.19 bits per heavy atom. The zero-order valence-electron chi connectivity index (χ0n) is 18.0. The van der Waals surface area contributed by atoms with Gasteiger partial charge in [0.25, 0.3) is 0 Å². The highest BCUT2D eigenvalue weighted by Crippen LogP contribution is 2.53. The van der Waals surface area contributed by atoms with Crippen LogP contribution in [-0.2, 0) is 5.41 Å². The fourth-order valence-corrected chi connectivity index (χ4v) is 4.92. The molecule has 3 aromatic rings. The predicted octanol–water partition coefficient (Wildman–Crippen LogP) is 6.12. The predicted molar refractivity (Wildman–Crippen MR) is 125 cm³/mol. The molecule has 0 aromatic heterocycles. The number of carbonyl (C=O) groups is 1. The number of aryl methyl sites for hydroxylation is 1.